The minimum atomic E-state index is -0.484. The van der Waals surface area contributed by atoms with Crippen molar-refractivity contribution in [1.29, 1.82) is 0 Å². The molecule has 0 radical (unpaired) electrons. The number of nitrogens with one attached hydrogen (secondary N) is 1. The number of carbonyl (C=O) groups excluding carboxylic acids is 1. The molecule has 2 aromatic rings. The number of amides is 1. The van der Waals surface area contributed by atoms with Crippen LogP contribution >= 0.6 is 0 Å². The van der Waals surface area contributed by atoms with E-state index in [1.54, 1.807) is 4.90 Å². The van der Waals surface area contributed by atoms with Crippen molar-refractivity contribution in [3.63, 3.8) is 0 Å². The molecule has 0 aliphatic carbocycles. The van der Waals surface area contributed by atoms with E-state index in [2.05, 4.69) is 22.0 Å². The monoisotopic (exact) mass is 356 g/mol. The molecule has 0 spiro atoms. The van der Waals surface area contributed by atoms with Crippen LogP contribution in [-0.2, 0) is 11.3 Å². The summed E-state index contributed by atoms with van der Waals surface area (Å²) >= 11 is 0. The van der Waals surface area contributed by atoms with Gasteiger partial charge in [0.2, 0.25) is 5.91 Å². The number of hydrogen-bond donors (Lipinski definition) is 1. The van der Waals surface area contributed by atoms with Crippen LogP contribution < -0.4 is 16.1 Å². The number of carbonyl (C=O) groups is 1. The molecule has 26 heavy (non-hydrogen) atoms. The molecule has 1 N–H and O–H groups in total. The molecule has 0 unspecified atom stereocenters. The number of aromatic amines is 1. The quantitative estimate of drug-likeness (QED) is 0.835. The minimum absolute atomic E-state index is 0.00117. The Morgan fingerprint density at radius 1 is 1.23 bits per heavy atom. The Morgan fingerprint density at radius 2 is 2.00 bits per heavy atom. The lowest BCUT2D eigenvalue weighted by Crippen LogP contribution is -2.35. The fourth-order valence-corrected chi connectivity index (χ4v) is 3.37. The van der Waals surface area contributed by atoms with Crippen LogP contribution in [0.2, 0.25) is 0 Å². The first-order valence-corrected chi connectivity index (χ1v) is 8.86. The molecule has 1 atom stereocenters. The summed E-state index contributed by atoms with van der Waals surface area (Å²) in [5, 5.41) is 0. The van der Waals surface area contributed by atoms with Gasteiger partial charge < -0.3 is 14.4 Å². The van der Waals surface area contributed by atoms with Gasteiger partial charge in [-0.3, -0.25) is 14.6 Å². The summed E-state index contributed by atoms with van der Waals surface area (Å²) in [6.45, 7) is 2.92. The van der Waals surface area contributed by atoms with E-state index in [1.807, 2.05) is 25.2 Å². The molecule has 1 aliphatic rings. The molecule has 1 aromatic heterocycles. The predicted octanol–water partition coefficient (Wildman–Crippen LogP) is 0.912. The van der Waals surface area contributed by atoms with Crippen molar-refractivity contribution in [2.45, 2.75) is 19.4 Å². The number of hydrogen-bond acceptors (Lipinski definition) is 4. The summed E-state index contributed by atoms with van der Waals surface area (Å²) in [5.74, 6) is 0.446. The molecule has 1 fully saturated rings. The van der Waals surface area contributed by atoms with Gasteiger partial charge in [0.05, 0.1) is 0 Å². The van der Waals surface area contributed by atoms with Crippen molar-refractivity contribution >= 4 is 11.6 Å². The van der Waals surface area contributed by atoms with E-state index in [-0.39, 0.29) is 18.9 Å². The van der Waals surface area contributed by atoms with Gasteiger partial charge in [-0.25, -0.2) is 4.79 Å². The number of aromatic nitrogens is 2. The average molecular weight is 356 g/mol. The lowest BCUT2D eigenvalue weighted by molar-refractivity contribution is -0.130. The number of aryl methyl sites for hydroxylation is 1. The molecule has 138 valence electrons. The number of rotatable bonds is 6. The van der Waals surface area contributed by atoms with Crippen LogP contribution in [0.1, 0.15) is 12.8 Å². The fraction of sp³-hybridized carbons (Fsp3) is 0.421. The summed E-state index contributed by atoms with van der Waals surface area (Å²) in [4.78, 5) is 41.4. The van der Waals surface area contributed by atoms with Crippen molar-refractivity contribution in [2.24, 2.45) is 5.92 Å². The van der Waals surface area contributed by atoms with E-state index in [4.69, 9.17) is 0 Å². The van der Waals surface area contributed by atoms with Crippen LogP contribution in [0, 0.1) is 5.92 Å². The molecule has 1 aliphatic heterocycles. The topological polar surface area (TPSA) is 78.4 Å². The number of anilines is 1. The van der Waals surface area contributed by atoms with Gasteiger partial charge in [0, 0.05) is 57.6 Å². The molecular formula is C19H24N4O3. The molecular weight excluding hydrogens is 332 g/mol. The largest absolute Gasteiger partial charge is 0.371 e. The first-order valence-electron chi connectivity index (χ1n) is 8.86. The Hall–Kier alpha value is -2.83. The molecule has 3 rings (SSSR count). The zero-order chi connectivity index (χ0) is 18.5. The van der Waals surface area contributed by atoms with Crippen LogP contribution in [0.4, 0.5) is 5.69 Å². The summed E-state index contributed by atoms with van der Waals surface area (Å²) in [7, 11) is 1.81. The van der Waals surface area contributed by atoms with Gasteiger partial charge in [-0.05, 0) is 24.5 Å². The second kappa shape index (κ2) is 8.03. The molecule has 0 saturated carbocycles. The summed E-state index contributed by atoms with van der Waals surface area (Å²) < 4.78 is 1.35. The first kappa shape index (κ1) is 18.0. The van der Waals surface area contributed by atoms with Gasteiger partial charge in [-0.15, -0.1) is 0 Å². The van der Waals surface area contributed by atoms with Crippen LogP contribution in [0.3, 0.4) is 0 Å². The summed E-state index contributed by atoms with van der Waals surface area (Å²) in [6, 6.07) is 11.6. The Morgan fingerprint density at radius 3 is 2.73 bits per heavy atom. The SMILES string of the molecule is CN(C[C@@H]1CCN(c2ccccc2)C1)C(=O)CCn1ccc(=O)[nH]c1=O. The third-order valence-electron chi connectivity index (χ3n) is 4.83. The van der Waals surface area contributed by atoms with Crippen molar-refractivity contribution in [1.82, 2.24) is 14.5 Å². The van der Waals surface area contributed by atoms with E-state index in [1.165, 1.54) is 22.5 Å². The molecule has 2 heterocycles. The summed E-state index contributed by atoms with van der Waals surface area (Å²) in [5.41, 5.74) is 0.308. The molecule has 7 nitrogen and oxygen atoms in total. The number of H-pyrrole nitrogens is 1. The van der Waals surface area contributed by atoms with E-state index >= 15 is 0 Å². The molecule has 1 saturated heterocycles. The average Bonchev–Trinajstić information content (AvgIpc) is 3.10. The highest BCUT2D eigenvalue weighted by molar-refractivity contribution is 5.75. The van der Waals surface area contributed by atoms with Crippen LogP contribution in [0.15, 0.2) is 52.2 Å². The lowest BCUT2D eigenvalue weighted by atomic mass is 10.1. The van der Waals surface area contributed by atoms with E-state index in [0.717, 1.165) is 19.5 Å². The van der Waals surface area contributed by atoms with Gasteiger partial charge >= 0.3 is 5.69 Å². The Bertz CT molecular complexity index is 859. The molecule has 0 bridgehead atoms. The van der Waals surface area contributed by atoms with E-state index < -0.39 is 11.2 Å². The Labute approximate surface area is 151 Å². The maximum absolute atomic E-state index is 12.4. The maximum Gasteiger partial charge on any atom is 0.328 e. The van der Waals surface area contributed by atoms with Crippen LogP contribution in [0.25, 0.3) is 0 Å². The van der Waals surface area contributed by atoms with E-state index in [0.29, 0.717) is 12.5 Å². The van der Waals surface area contributed by atoms with Gasteiger partial charge in [-0.1, -0.05) is 18.2 Å². The third-order valence-corrected chi connectivity index (χ3v) is 4.83. The van der Waals surface area contributed by atoms with Crippen LogP contribution in [0.5, 0.6) is 0 Å². The Kier molecular flexibility index (Phi) is 5.55. The lowest BCUT2D eigenvalue weighted by Gasteiger charge is -2.23. The smallest absolute Gasteiger partial charge is 0.328 e. The van der Waals surface area contributed by atoms with Gasteiger partial charge in [0.1, 0.15) is 0 Å². The van der Waals surface area contributed by atoms with Crippen molar-refractivity contribution in [3.05, 3.63) is 63.4 Å². The maximum atomic E-state index is 12.4. The number of nitrogens with zero attached hydrogens (tertiary/aromatic N) is 3. The van der Waals surface area contributed by atoms with Crippen molar-refractivity contribution in [3.8, 4) is 0 Å². The van der Waals surface area contributed by atoms with E-state index in [9.17, 15) is 14.4 Å². The second-order valence-corrected chi connectivity index (χ2v) is 6.76. The number of para-hydroxylation sites is 1. The standard InChI is InChI=1S/C19H24N4O3/c1-21(18(25)9-12-22-11-8-17(24)20-19(22)26)13-15-7-10-23(14-15)16-5-3-2-4-6-16/h2-6,8,11,15H,7,9-10,12-14H2,1H3,(H,20,24,26)/t15-/m0/s1. The minimum Gasteiger partial charge on any atom is -0.371 e. The van der Waals surface area contributed by atoms with Crippen molar-refractivity contribution < 1.29 is 4.79 Å². The first-order chi connectivity index (χ1) is 12.5. The highest BCUT2D eigenvalue weighted by Crippen LogP contribution is 2.23. The van der Waals surface area contributed by atoms with Gasteiger partial charge in [-0.2, -0.15) is 0 Å². The zero-order valence-corrected chi connectivity index (χ0v) is 14.9. The molecule has 1 amide bonds. The highest BCUT2D eigenvalue weighted by atomic mass is 16.2. The molecule has 1 aromatic carbocycles. The predicted molar refractivity (Wildman–Crippen MR) is 100 cm³/mol. The second-order valence-electron chi connectivity index (χ2n) is 6.76. The van der Waals surface area contributed by atoms with Crippen molar-refractivity contribution in [2.75, 3.05) is 31.6 Å². The summed E-state index contributed by atoms with van der Waals surface area (Å²) in [6.07, 6.45) is 2.71. The molecule has 7 heteroatoms. The Balaban J connectivity index is 1.48. The normalized spacial score (nSPS) is 16.7. The van der Waals surface area contributed by atoms with Gasteiger partial charge in [0.25, 0.3) is 5.56 Å². The van der Waals surface area contributed by atoms with Gasteiger partial charge in [0.15, 0.2) is 0 Å². The fourth-order valence-electron chi connectivity index (χ4n) is 3.37. The highest BCUT2D eigenvalue weighted by Gasteiger charge is 2.25. The third kappa shape index (κ3) is 4.41. The zero-order valence-electron chi connectivity index (χ0n) is 14.9. The van der Waals surface area contributed by atoms with Crippen LogP contribution in [-0.4, -0.2) is 47.0 Å². The number of benzene rings is 1.